The molecule has 0 bridgehead atoms. The smallest absolute Gasteiger partial charge is 0.253 e. The Morgan fingerprint density at radius 2 is 1.84 bits per heavy atom. The van der Waals surface area contributed by atoms with Crippen LogP contribution in [0.1, 0.15) is 22.1 Å². The number of nitrogens with zero attached hydrogens (tertiary/aromatic N) is 6. The van der Waals surface area contributed by atoms with Gasteiger partial charge in [0.25, 0.3) is 5.91 Å². The molecule has 0 atom stereocenters. The Morgan fingerprint density at radius 1 is 1.00 bits per heavy atom. The van der Waals surface area contributed by atoms with E-state index in [9.17, 15) is 4.79 Å². The lowest BCUT2D eigenvalue weighted by atomic mass is 9.98. The largest absolute Gasteiger partial charge is 0.337 e. The summed E-state index contributed by atoms with van der Waals surface area (Å²) in [5.74, 6) is 1.13. The van der Waals surface area contributed by atoms with Crippen LogP contribution in [0.5, 0.6) is 0 Å². The highest BCUT2D eigenvalue weighted by molar-refractivity contribution is 5.97. The van der Waals surface area contributed by atoms with Crippen LogP contribution in [0.4, 0.5) is 0 Å². The lowest BCUT2D eigenvalue weighted by Crippen LogP contribution is -2.49. The Labute approximate surface area is 143 Å². The standard InChI is InChI=1S/C18H14N6O/c25-18(12-4-5-14-15(9-12)20-7-6-19-14)23-10-13(11-23)17-22-21-16-3-1-2-8-24(16)17/h1-9,13H,10-11H2. The highest BCUT2D eigenvalue weighted by Crippen LogP contribution is 2.27. The highest BCUT2D eigenvalue weighted by Gasteiger charge is 2.35. The number of hydrogen-bond donors (Lipinski definition) is 0. The second-order valence-corrected chi connectivity index (χ2v) is 6.15. The molecule has 1 amide bonds. The van der Waals surface area contributed by atoms with Crippen LogP contribution < -0.4 is 0 Å². The molecule has 3 aromatic heterocycles. The van der Waals surface area contributed by atoms with Gasteiger partial charge < -0.3 is 4.90 Å². The number of aromatic nitrogens is 5. The first-order chi connectivity index (χ1) is 12.3. The van der Waals surface area contributed by atoms with Gasteiger partial charge in [-0.2, -0.15) is 0 Å². The molecule has 0 radical (unpaired) electrons. The Balaban J connectivity index is 1.36. The summed E-state index contributed by atoms with van der Waals surface area (Å²) in [7, 11) is 0. The number of benzene rings is 1. The van der Waals surface area contributed by atoms with Crippen LogP contribution in [-0.4, -0.2) is 48.5 Å². The summed E-state index contributed by atoms with van der Waals surface area (Å²) in [6.07, 6.45) is 5.23. The third kappa shape index (κ3) is 2.24. The number of carbonyl (C=O) groups is 1. The van der Waals surface area contributed by atoms with Crippen LogP contribution in [0, 0.1) is 0 Å². The Morgan fingerprint density at radius 3 is 2.72 bits per heavy atom. The number of carbonyl (C=O) groups excluding carboxylic acids is 1. The molecule has 0 saturated carbocycles. The van der Waals surface area contributed by atoms with Crippen LogP contribution in [0.15, 0.2) is 55.0 Å². The van der Waals surface area contributed by atoms with Crippen molar-refractivity contribution in [1.82, 2.24) is 29.5 Å². The molecule has 1 aliphatic heterocycles. The van der Waals surface area contributed by atoms with Crippen LogP contribution in [-0.2, 0) is 0 Å². The lowest BCUT2D eigenvalue weighted by molar-refractivity contribution is 0.0594. The lowest BCUT2D eigenvalue weighted by Gasteiger charge is -2.38. The summed E-state index contributed by atoms with van der Waals surface area (Å²) in [5.41, 5.74) is 2.98. The zero-order valence-corrected chi connectivity index (χ0v) is 13.3. The molecule has 7 heteroatoms. The molecule has 122 valence electrons. The fourth-order valence-electron chi connectivity index (χ4n) is 3.22. The van der Waals surface area contributed by atoms with Crippen molar-refractivity contribution in [3.63, 3.8) is 0 Å². The maximum atomic E-state index is 12.7. The number of pyridine rings is 1. The van der Waals surface area contributed by atoms with Crippen molar-refractivity contribution in [3.05, 3.63) is 66.4 Å². The van der Waals surface area contributed by atoms with E-state index in [0.717, 1.165) is 22.5 Å². The fraction of sp³-hybridized carbons (Fsp3) is 0.167. The van der Waals surface area contributed by atoms with Gasteiger partial charge in [0.2, 0.25) is 0 Å². The van der Waals surface area contributed by atoms with Crippen molar-refractivity contribution in [3.8, 4) is 0 Å². The van der Waals surface area contributed by atoms with E-state index in [0.29, 0.717) is 18.7 Å². The summed E-state index contributed by atoms with van der Waals surface area (Å²) < 4.78 is 1.98. The molecule has 1 aromatic carbocycles. The van der Waals surface area contributed by atoms with E-state index < -0.39 is 0 Å². The summed E-state index contributed by atoms with van der Waals surface area (Å²) >= 11 is 0. The van der Waals surface area contributed by atoms with Crippen LogP contribution in [0.2, 0.25) is 0 Å². The zero-order valence-electron chi connectivity index (χ0n) is 13.3. The van der Waals surface area contributed by atoms with Gasteiger partial charge in [-0.15, -0.1) is 10.2 Å². The SMILES string of the molecule is O=C(c1ccc2nccnc2c1)N1CC(c2nnc3ccccn23)C1. The summed E-state index contributed by atoms with van der Waals surface area (Å²) in [6.45, 7) is 1.29. The van der Waals surface area contributed by atoms with Gasteiger partial charge in [-0.1, -0.05) is 6.07 Å². The molecule has 1 aliphatic rings. The average Bonchev–Trinajstić information content (AvgIpc) is 3.04. The summed E-state index contributed by atoms with van der Waals surface area (Å²) in [6, 6.07) is 11.3. The number of likely N-dealkylation sites (tertiary alicyclic amines) is 1. The number of amides is 1. The quantitative estimate of drug-likeness (QED) is 0.561. The first kappa shape index (κ1) is 14.0. The third-order valence-corrected chi connectivity index (χ3v) is 4.59. The Bertz CT molecular complexity index is 1100. The number of rotatable bonds is 2. The summed E-state index contributed by atoms with van der Waals surface area (Å²) in [4.78, 5) is 23.0. The highest BCUT2D eigenvalue weighted by atomic mass is 16.2. The van der Waals surface area contributed by atoms with Crippen LogP contribution in [0.3, 0.4) is 0 Å². The van der Waals surface area contributed by atoms with Crippen molar-refractivity contribution < 1.29 is 4.79 Å². The Hall–Kier alpha value is -3.35. The minimum Gasteiger partial charge on any atom is -0.337 e. The normalized spacial score (nSPS) is 14.8. The second kappa shape index (κ2) is 5.34. The van der Waals surface area contributed by atoms with Crippen LogP contribution >= 0.6 is 0 Å². The van der Waals surface area contributed by atoms with Gasteiger partial charge in [-0.05, 0) is 30.3 Å². The number of hydrogen-bond acceptors (Lipinski definition) is 5. The molecule has 25 heavy (non-hydrogen) atoms. The molecule has 1 saturated heterocycles. The van der Waals surface area contributed by atoms with E-state index >= 15 is 0 Å². The van der Waals surface area contributed by atoms with Crippen molar-refractivity contribution in [2.24, 2.45) is 0 Å². The molecule has 4 aromatic rings. The maximum Gasteiger partial charge on any atom is 0.253 e. The van der Waals surface area contributed by atoms with E-state index in [1.807, 2.05) is 39.8 Å². The van der Waals surface area contributed by atoms with Gasteiger partial charge in [0.05, 0.1) is 17.0 Å². The Kier molecular flexibility index (Phi) is 3.00. The fourth-order valence-corrected chi connectivity index (χ4v) is 3.22. The topological polar surface area (TPSA) is 76.3 Å². The molecular formula is C18H14N6O. The van der Waals surface area contributed by atoms with E-state index in [1.165, 1.54) is 0 Å². The molecule has 5 rings (SSSR count). The minimum absolute atomic E-state index is 0.0117. The van der Waals surface area contributed by atoms with Crippen molar-refractivity contribution in [2.45, 2.75) is 5.92 Å². The van der Waals surface area contributed by atoms with E-state index in [1.54, 1.807) is 24.5 Å². The van der Waals surface area contributed by atoms with Gasteiger partial charge in [-0.25, -0.2) is 0 Å². The molecule has 0 N–H and O–H groups in total. The van der Waals surface area contributed by atoms with Gasteiger partial charge in [-0.3, -0.25) is 19.2 Å². The average molecular weight is 330 g/mol. The van der Waals surface area contributed by atoms with E-state index in [2.05, 4.69) is 20.2 Å². The van der Waals surface area contributed by atoms with Gasteiger partial charge >= 0.3 is 0 Å². The maximum absolute atomic E-state index is 12.7. The van der Waals surface area contributed by atoms with Crippen LogP contribution in [0.25, 0.3) is 16.7 Å². The van der Waals surface area contributed by atoms with E-state index in [4.69, 9.17) is 0 Å². The predicted octanol–water partition coefficient (Wildman–Crippen LogP) is 1.91. The minimum atomic E-state index is 0.0117. The summed E-state index contributed by atoms with van der Waals surface area (Å²) in [5, 5.41) is 8.46. The molecule has 0 spiro atoms. The van der Waals surface area contributed by atoms with E-state index in [-0.39, 0.29) is 11.8 Å². The third-order valence-electron chi connectivity index (χ3n) is 4.59. The van der Waals surface area contributed by atoms with Gasteiger partial charge in [0, 0.05) is 37.2 Å². The first-order valence-corrected chi connectivity index (χ1v) is 8.09. The molecule has 4 heterocycles. The molecule has 0 unspecified atom stereocenters. The van der Waals surface area contributed by atoms with Crippen molar-refractivity contribution >= 4 is 22.6 Å². The van der Waals surface area contributed by atoms with Crippen molar-refractivity contribution in [1.29, 1.82) is 0 Å². The van der Waals surface area contributed by atoms with Gasteiger partial charge in [0.15, 0.2) is 5.65 Å². The molecule has 1 fully saturated rings. The monoisotopic (exact) mass is 330 g/mol. The number of fused-ring (bicyclic) bond motifs is 2. The molecule has 7 nitrogen and oxygen atoms in total. The van der Waals surface area contributed by atoms with Gasteiger partial charge in [0.1, 0.15) is 5.82 Å². The zero-order chi connectivity index (χ0) is 16.8. The molecular weight excluding hydrogens is 316 g/mol. The first-order valence-electron chi connectivity index (χ1n) is 8.09. The predicted molar refractivity (Wildman–Crippen MR) is 91.2 cm³/mol. The molecule has 0 aliphatic carbocycles. The van der Waals surface area contributed by atoms with Crippen molar-refractivity contribution in [2.75, 3.05) is 13.1 Å². The second-order valence-electron chi connectivity index (χ2n) is 6.15.